The van der Waals surface area contributed by atoms with E-state index in [4.69, 9.17) is 10.8 Å². The number of hydrogen-bond donors (Lipinski definition) is 6. The van der Waals surface area contributed by atoms with Crippen LogP contribution in [0.5, 0.6) is 0 Å². The summed E-state index contributed by atoms with van der Waals surface area (Å²) in [4.78, 5) is 69.5. The number of aromatic nitrogens is 2. The lowest BCUT2D eigenvalue weighted by molar-refractivity contribution is -0.145. The van der Waals surface area contributed by atoms with Crippen LogP contribution in [0.1, 0.15) is 51.6 Å². The van der Waals surface area contributed by atoms with Gasteiger partial charge in [-0.25, -0.2) is 9.78 Å². The molecule has 2 rings (SSSR count). The molecule has 0 aromatic carbocycles. The number of likely N-dealkylation sites (tertiary alicyclic amines) is 1. The number of imidazole rings is 1. The summed E-state index contributed by atoms with van der Waals surface area (Å²) < 4.78 is 0. The van der Waals surface area contributed by atoms with E-state index in [1.54, 1.807) is 0 Å². The largest absolute Gasteiger partial charge is 0.481 e. The summed E-state index contributed by atoms with van der Waals surface area (Å²) in [6.45, 7) is 3.89. The summed E-state index contributed by atoms with van der Waals surface area (Å²) in [5.41, 5.74) is 6.56. The molecule has 1 saturated heterocycles. The standard InChI is InChI=1S/C22H34N6O7/c1-12(2)8-16(22(34)35)27-20(32)17-4-3-7-28(17)21(33)15(5-6-18(29)30)26-19(31)14(23)9-13-10-24-11-25-13/h10-12,14-17H,3-9,23H2,1-2H3,(H,24,25)(H,26,31)(H,27,32)(H,29,30)(H,34,35). The maximum atomic E-state index is 13.3. The van der Waals surface area contributed by atoms with Gasteiger partial charge in [0.05, 0.1) is 12.4 Å². The first-order valence-electron chi connectivity index (χ1n) is 11.6. The monoisotopic (exact) mass is 494 g/mol. The van der Waals surface area contributed by atoms with Crippen molar-refractivity contribution in [3.05, 3.63) is 18.2 Å². The Morgan fingerprint density at radius 3 is 2.49 bits per heavy atom. The predicted molar refractivity (Wildman–Crippen MR) is 123 cm³/mol. The Bertz CT molecular complexity index is 904. The fraction of sp³-hybridized carbons (Fsp3) is 0.636. The van der Waals surface area contributed by atoms with Crippen molar-refractivity contribution in [1.29, 1.82) is 0 Å². The van der Waals surface area contributed by atoms with Crippen LogP contribution in [0.3, 0.4) is 0 Å². The van der Waals surface area contributed by atoms with E-state index in [1.807, 2.05) is 13.8 Å². The van der Waals surface area contributed by atoms with Gasteiger partial charge < -0.3 is 36.5 Å². The highest BCUT2D eigenvalue weighted by molar-refractivity contribution is 5.94. The number of carboxylic acids is 2. The van der Waals surface area contributed by atoms with Crippen molar-refractivity contribution in [2.75, 3.05) is 6.54 Å². The second-order valence-corrected chi connectivity index (χ2v) is 9.10. The minimum atomic E-state index is -1.20. The summed E-state index contributed by atoms with van der Waals surface area (Å²) >= 11 is 0. The molecule has 3 amide bonds. The number of carbonyl (C=O) groups is 5. The first-order valence-corrected chi connectivity index (χ1v) is 11.6. The molecule has 13 nitrogen and oxygen atoms in total. The van der Waals surface area contributed by atoms with E-state index in [0.717, 1.165) is 0 Å². The Kier molecular flexibility index (Phi) is 10.2. The van der Waals surface area contributed by atoms with E-state index in [0.29, 0.717) is 18.5 Å². The van der Waals surface area contributed by atoms with Gasteiger partial charge >= 0.3 is 11.9 Å². The van der Waals surface area contributed by atoms with Crippen molar-refractivity contribution in [2.45, 2.75) is 76.5 Å². The van der Waals surface area contributed by atoms with Crippen LogP contribution in [0.4, 0.5) is 0 Å². The summed E-state index contributed by atoms with van der Waals surface area (Å²) in [5, 5.41) is 23.6. The molecule has 13 heteroatoms. The van der Waals surface area contributed by atoms with Crippen molar-refractivity contribution >= 4 is 29.7 Å². The maximum Gasteiger partial charge on any atom is 0.326 e. The zero-order valence-electron chi connectivity index (χ0n) is 19.9. The van der Waals surface area contributed by atoms with Crippen LogP contribution in [0.15, 0.2) is 12.5 Å². The molecule has 1 aliphatic heterocycles. The zero-order chi connectivity index (χ0) is 26.1. The average molecular weight is 495 g/mol. The summed E-state index contributed by atoms with van der Waals surface area (Å²) in [6.07, 6.45) is 3.57. The second kappa shape index (κ2) is 12.8. The number of nitrogens with two attached hydrogens (primary N) is 1. The number of carboxylic acid groups (broad SMARTS) is 2. The lowest BCUT2D eigenvalue weighted by Crippen LogP contribution is -2.57. The topological polar surface area (TPSA) is 208 Å². The molecule has 1 aromatic heterocycles. The maximum absolute atomic E-state index is 13.3. The fourth-order valence-electron chi connectivity index (χ4n) is 3.99. The summed E-state index contributed by atoms with van der Waals surface area (Å²) in [6, 6.07) is -4.23. The molecule has 0 bridgehead atoms. The third-order valence-corrected chi connectivity index (χ3v) is 5.75. The van der Waals surface area contributed by atoms with Crippen molar-refractivity contribution in [1.82, 2.24) is 25.5 Å². The zero-order valence-corrected chi connectivity index (χ0v) is 19.9. The molecule has 0 spiro atoms. The molecule has 0 aliphatic carbocycles. The van der Waals surface area contributed by atoms with Crippen LogP contribution < -0.4 is 16.4 Å². The normalized spacial score (nSPS) is 18.1. The molecule has 0 radical (unpaired) electrons. The van der Waals surface area contributed by atoms with Gasteiger partial charge in [0.2, 0.25) is 17.7 Å². The number of aromatic amines is 1. The molecule has 194 valence electrons. The van der Waals surface area contributed by atoms with Gasteiger partial charge in [0.1, 0.15) is 18.1 Å². The second-order valence-electron chi connectivity index (χ2n) is 9.10. The number of nitrogens with one attached hydrogen (secondary N) is 3. The Balaban J connectivity index is 2.11. The van der Waals surface area contributed by atoms with E-state index in [9.17, 15) is 29.1 Å². The van der Waals surface area contributed by atoms with Crippen LogP contribution in [0, 0.1) is 5.92 Å². The number of carbonyl (C=O) groups excluding carboxylic acids is 3. The molecule has 7 N–H and O–H groups in total. The molecule has 0 saturated carbocycles. The third-order valence-electron chi connectivity index (χ3n) is 5.75. The minimum Gasteiger partial charge on any atom is -0.481 e. The van der Waals surface area contributed by atoms with Gasteiger partial charge in [-0.3, -0.25) is 19.2 Å². The van der Waals surface area contributed by atoms with Crippen LogP contribution in [0.25, 0.3) is 0 Å². The molecule has 1 aliphatic rings. The number of rotatable bonds is 13. The van der Waals surface area contributed by atoms with E-state index in [-0.39, 0.29) is 38.1 Å². The lowest BCUT2D eigenvalue weighted by atomic mass is 10.0. The van der Waals surface area contributed by atoms with Crippen LogP contribution in [0.2, 0.25) is 0 Å². The number of aliphatic carboxylic acids is 2. The smallest absolute Gasteiger partial charge is 0.326 e. The third kappa shape index (κ3) is 8.35. The van der Waals surface area contributed by atoms with Gasteiger partial charge in [0.15, 0.2) is 0 Å². The first-order chi connectivity index (χ1) is 16.5. The van der Waals surface area contributed by atoms with Crippen molar-refractivity contribution < 1.29 is 34.2 Å². The minimum absolute atomic E-state index is 0.0271. The Morgan fingerprint density at radius 2 is 1.91 bits per heavy atom. The van der Waals surface area contributed by atoms with Crippen LogP contribution in [-0.2, 0) is 30.4 Å². The van der Waals surface area contributed by atoms with Gasteiger partial charge in [-0.15, -0.1) is 0 Å². The van der Waals surface area contributed by atoms with Crippen molar-refractivity contribution in [3.63, 3.8) is 0 Å². The molecule has 4 unspecified atom stereocenters. The van der Waals surface area contributed by atoms with E-state index in [1.165, 1.54) is 17.4 Å². The van der Waals surface area contributed by atoms with Gasteiger partial charge in [-0.2, -0.15) is 0 Å². The average Bonchev–Trinajstić information content (AvgIpc) is 3.47. The first kappa shape index (κ1) is 27.8. The molecular formula is C22H34N6O7. The number of amides is 3. The highest BCUT2D eigenvalue weighted by Crippen LogP contribution is 2.20. The predicted octanol–water partition coefficient (Wildman–Crippen LogP) is -0.764. The summed E-state index contributed by atoms with van der Waals surface area (Å²) in [5.74, 6) is -4.14. The van der Waals surface area contributed by atoms with E-state index in [2.05, 4.69) is 20.6 Å². The fourth-order valence-corrected chi connectivity index (χ4v) is 3.99. The van der Waals surface area contributed by atoms with Crippen LogP contribution >= 0.6 is 0 Å². The number of nitrogens with zero attached hydrogens (tertiary/aromatic N) is 2. The lowest BCUT2D eigenvalue weighted by Gasteiger charge is -2.30. The van der Waals surface area contributed by atoms with Gasteiger partial charge in [-0.05, 0) is 31.6 Å². The van der Waals surface area contributed by atoms with Gasteiger partial charge in [0.25, 0.3) is 0 Å². The Labute approximate surface area is 202 Å². The molecule has 1 fully saturated rings. The van der Waals surface area contributed by atoms with Gasteiger partial charge in [-0.1, -0.05) is 13.8 Å². The quantitative estimate of drug-likeness (QED) is 0.203. The van der Waals surface area contributed by atoms with Crippen LogP contribution in [-0.4, -0.2) is 85.5 Å². The molecule has 35 heavy (non-hydrogen) atoms. The van der Waals surface area contributed by atoms with E-state index < -0.39 is 53.8 Å². The van der Waals surface area contributed by atoms with Crippen molar-refractivity contribution in [3.8, 4) is 0 Å². The van der Waals surface area contributed by atoms with Gasteiger partial charge in [0, 0.05) is 31.3 Å². The molecular weight excluding hydrogens is 460 g/mol. The molecule has 4 atom stereocenters. The van der Waals surface area contributed by atoms with Crippen molar-refractivity contribution in [2.24, 2.45) is 11.7 Å². The Hall–Kier alpha value is -3.48. The molecule has 2 heterocycles. The number of hydrogen-bond acceptors (Lipinski definition) is 7. The Morgan fingerprint density at radius 1 is 1.20 bits per heavy atom. The summed E-state index contributed by atoms with van der Waals surface area (Å²) in [7, 11) is 0. The highest BCUT2D eigenvalue weighted by atomic mass is 16.4. The SMILES string of the molecule is CC(C)CC(NC(=O)C1CCCN1C(=O)C(CCC(=O)O)NC(=O)C(N)Cc1cnc[nH]1)C(=O)O. The van der Waals surface area contributed by atoms with E-state index >= 15 is 0 Å². The number of H-pyrrole nitrogens is 1. The molecule has 1 aromatic rings. The highest BCUT2D eigenvalue weighted by Gasteiger charge is 2.39.